The number of benzene rings is 1. The van der Waals surface area contributed by atoms with Gasteiger partial charge in [-0.15, -0.1) is 0 Å². The molecule has 2 aliphatic carbocycles. The molecule has 0 spiro atoms. The topological polar surface area (TPSA) is 52.6 Å². The molecule has 0 fully saturated rings. The fourth-order valence-electron chi connectivity index (χ4n) is 2.89. The Morgan fingerprint density at radius 2 is 2.05 bits per heavy atom. The predicted octanol–water partition coefficient (Wildman–Crippen LogP) is 2.48. The van der Waals surface area contributed by atoms with Crippen LogP contribution in [0.25, 0.3) is 6.08 Å². The number of hydrogen-bond donors (Lipinski definition) is 0. The minimum Gasteiger partial charge on any atom is -0.247 e. The van der Waals surface area contributed by atoms with Gasteiger partial charge in [0.2, 0.25) is 0 Å². The van der Waals surface area contributed by atoms with Crippen molar-refractivity contribution < 1.29 is 19.4 Å². The molecule has 0 aromatic heterocycles. The van der Waals surface area contributed by atoms with Gasteiger partial charge in [-0.2, -0.15) is 0 Å². The third-order valence-electron chi connectivity index (χ3n) is 4.16. The maximum absolute atomic E-state index is 12.1. The Hall–Kier alpha value is -2.10. The normalized spacial score (nSPS) is 21.7. The van der Waals surface area contributed by atoms with Crippen LogP contribution in [0.5, 0.6) is 0 Å². The van der Waals surface area contributed by atoms with Crippen molar-refractivity contribution in [2.75, 3.05) is 0 Å². The Labute approximate surface area is 117 Å². The molecule has 1 unspecified atom stereocenters. The summed E-state index contributed by atoms with van der Waals surface area (Å²) in [4.78, 5) is 32.3. The van der Waals surface area contributed by atoms with Crippen LogP contribution in [0.1, 0.15) is 42.5 Å². The Bertz CT molecular complexity index is 630. The third-order valence-corrected chi connectivity index (χ3v) is 4.16. The molecular formula is C16H16O4. The lowest BCUT2D eigenvalue weighted by atomic mass is 9.63. The van der Waals surface area contributed by atoms with E-state index in [1.807, 2.05) is 19.1 Å². The molecule has 3 rings (SSSR count). The van der Waals surface area contributed by atoms with E-state index in [1.54, 1.807) is 6.92 Å². The molecule has 2 aliphatic rings. The van der Waals surface area contributed by atoms with Gasteiger partial charge in [0, 0.05) is 6.42 Å². The fraction of sp³-hybridized carbons (Fsp3) is 0.375. The van der Waals surface area contributed by atoms with Crippen LogP contribution in [0.3, 0.4) is 0 Å². The number of carbonyl (C=O) groups is 2. The second-order valence-corrected chi connectivity index (χ2v) is 5.45. The summed E-state index contributed by atoms with van der Waals surface area (Å²) in [5.74, 6) is -1.04. The lowest BCUT2D eigenvalue weighted by Gasteiger charge is -2.39. The molecule has 20 heavy (non-hydrogen) atoms. The smallest absolute Gasteiger partial charge is 0.247 e. The summed E-state index contributed by atoms with van der Waals surface area (Å²) in [6.07, 6.45) is 5.97. The van der Waals surface area contributed by atoms with Gasteiger partial charge in [0.05, 0.1) is 5.41 Å². The highest BCUT2D eigenvalue weighted by Gasteiger charge is 2.48. The van der Waals surface area contributed by atoms with Crippen LogP contribution in [0.2, 0.25) is 0 Å². The van der Waals surface area contributed by atoms with E-state index < -0.39 is 17.4 Å². The number of allylic oxidation sites excluding steroid dienone is 1. The molecule has 1 atom stereocenters. The lowest BCUT2D eigenvalue weighted by Crippen LogP contribution is -2.45. The maximum atomic E-state index is 12.1. The van der Waals surface area contributed by atoms with Gasteiger partial charge in [-0.3, -0.25) is 0 Å². The van der Waals surface area contributed by atoms with Crippen molar-refractivity contribution in [2.45, 2.75) is 38.5 Å². The van der Waals surface area contributed by atoms with Gasteiger partial charge in [0.1, 0.15) is 0 Å². The maximum Gasteiger partial charge on any atom is 0.366 e. The quantitative estimate of drug-likeness (QED) is 0.613. The minimum atomic E-state index is -0.707. The first-order chi connectivity index (χ1) is 9.56. The molecule has 0 radical (unpaired) electrons. The fourth-order valence-corrected chi connectivity index (χ4v) is 2.89. The van der Waals surface area contributed by atoms with E-state index in [2.05, 4.69) is 21.9 Å². The number of rotatable bonds is 2. The van der Waals surface area contributed by atoms with E-state index in [1.165, 1.54) is 16.7 Å². The van der Waals surface area contributed by atoms with Crippen LogP contribution in [0, 0.1) is 0 Å². The summed E-state index contributed by atoms with van der Waals surface area (Å²) in [6.45, 7) is 3.47. The highest BCUT2D eigenvalue weighted by atomic mass is 17.2. The third kappa shape index (κ3) is 1.75. The van der Waals surface area contributed by atoms with Crippen molar-refractivity contribution in [1.29, 1.82) is 0 Å². The van der Waals surface area contributed by atoms with E-state index in [0.29, 0.717) is 6.42 Å². The summed E-state index contributed by atoms with van der Waals surface area (Å²) in [5.41, 5.74) is 4.04. The van der Waals surface area contributed by atoms with Gasteiger partial charge in [0.15, 0.2) is 0 Å². The van der Waals surface area contributed by atoms with E-state index in [9.17, 15) is 9.59 Å². The molecule has 0 aliphatic heterocycles. The van der Waals surface area contributed by atoms with Crippen LogP contribution in [0.15, 0.2) is 18.2 Å². The second kappa shape index (κ2) is 4.47. The van der Waals surface area contributed by atoms with Gasteiger partial charge < -0.3 is 0 Å². The van der Waals surface area contributed by atoms with Gasteiger partial charge >= 0.3 is 11.9 Å². The average molecular weight is 272 g/mol. The van der Waals surface area contributed by atoms with Gasteiger partial charge in [-0.05, 0) is 42.0 Å². The average Bonchev–Trinajstić information content (AvgIpc) is 2.90. The molecule has 4 heteroatoms. The van der Waals surface area contributed by atoms with E-state index in [0.717, 1.165) is 12.0 Å². The first-order valence-corrected chi connectivity index (χ1v) is 6.80. The van der Waals surface area contributed by atoms with Crippen molar-refractivity contribution in [3.63, 3.8) is 0 Å². The number of hydrogen-bond acceptors (Lipinski definition) is 4. The van der Waals surface area contributed by atoms with Gasteiger partial charge in [-0.1, -0.05) is 31.2 Å². The summed E-state index contributed by atoms with van der Waals surface area (Å²) < 4.78 is 0. The minimum absolute atomic E-state index is 0.180. The zero-order valence-corrected chi connectivity index (χ0v) is 11.6. The Morgan fingerprint density at radius 1 is 1.25 bits per heavy atom. The zero-order valence-electron chi connectivity index (χ0n) is 11.6. The monoisotopic (exact) mass is 272 g/mol. The molecule has 4 nitrogen and oxygen atoms in total. The lowest BCUT2D eigenvalue weighted by molar-refractivity contribution is -0.263. The summed E-state index contributed by atoms with van der Waals surface area (Å²) in [6, 6.07) is 4.00. The summed E-state index contributed by atoms with van der Waals surface area (Å²) in [5, 5.41) is 0. The molecule has 0 bridgehead atoms. The number of carbonyl (C=O) groups excluding carboxylic acids is 2. The largest absolute Gasteiger partial charge is 0.366 e. The van der Waals surface area contributed by atoms with E-state index in [4.69, 9.17) is 0 Å². The molecule has 104 valence electrons. The standard InChI is InChI=1S/C16H16O4/c1-3-14(17)19-20-15(18)16(2)9-12-11-6-4-5-10(11)7-8-13(12)16/h4-5,7-8H,3,6,9H2,1-2H3. The molecule has 0 saturated heterocycles. The van der Waals surface area contributed by atoms with Crippen molar-refractivity contribution in [3.8, 4) is 0 Å². The Kier molecular flexibility index (Phi) is 2.89. The molecule has 1 aromatic carbocycles. The highest BCUT2D eigenvalue weighted by Crippen LogP contribution is 2.45. The SMILES string of the molecule is CCC(=O)OOC(=O)C1(C)Cc2c1ccc1c2CC=C1. The molecule has 0 N–H and O–H groups in total. The molecule has 0 amide bonds. The molecule has 0 heterocycles. The van der Waals surface area contributed by atoms with Crippen molar-refractivity contribution in [1.82, 2.24) is 0 Å². The summed E-state index contributed by atoms with van der Waals surface area (Å²) >= 11 is 0. The molecular weight excluding hydrogens is 256 g/mol. The van der Waals surface area contributed by atoms with Gasteiger partial charge in [-0.25, -0.2) is 19.4 Å². The van der Waals surface area contributed by atoms with Crippen molar-refractivity contribution in [2.24, 2.45) is 0 Å². The second-order valence-electron chi connectivity index (χ2n) is 5.45. The van der Waals surface area contributed by atoms with Crippen LogP contribution < -0.4 is 0 Å². The Balaban J connectivity index is 1.79. The van der Waals surface area contributed by atoms with Crippen LogP contribution in [0.4, 0.5) is 0 Å². The number of fused-ring (bicyclic) bond motifs is 3. The first kappa shape index (κ1) is 12.9. The zero-order chi connectivity index (χ0) is 14.3. The van der Waals surface area contributed by atoms with Gasteiger partial charge in [0.25, 0.3) is 0 Å². The molecule has 1 aromatic rings. The summed E-state index contributed by atoms with van der Waals surface area (Å²) in [7, 11) is 0. The highest BCUT2D eigenvalue weighted by molar-refractivity contribution is 5.88. The Morgan fingerprint density at radius 3 is 2.80 bits per heavy atom. The van der Waals surface area contributed by atoms with Crippen LogP contribution in [-0.2, 0) is 37.6 Å². The first-order valence-electron chi connectivity index (χ1n) is 6.80. The van der Waals surface area contributed by atoms with Crippen molar-refractivity contribution in [3.05, 3.63) is 40.5 Å². The van der Waals surface area contributed by atoms with Crippen LogP contribution >= 0.6 is 0 Å². The van der Waals surface area contributed by atoms with E-state index in [-0.39, 0.29) is 6.42 Å². The van der Waals surface area contributed by atoms with Crippen LogP contribution in [-0.4, -0.2) is 11.9 Å². The molecule has 0 saturated carbocycles. The predicted molar refractivity (Wildman–Crippen MR) is 72.7 cm³/mol. The van der Waals surface area contributed by atoms with Crippen molar-refractivity contribution >= 4 is 18.0 Å². The van der Waals surface area contributed by atoms with E-state index >= 15 is 0 Å².